The first-order chi connectivity index (χ1) is 7.77. The van der Waals surface area contributed by atoms with Gasteiger partial charge in [-0.25, -0.2) is 9.97 Å². The van der Waals surface area contributed by atoms with E-state index in [0.29, 0.717) is 11.7 Å². The van der Waals surface area contributed by atoms with Crippen molar-refractivity contribution in [1.29, 1.82) is 0 Å². The molecule has 0 radical (unpaired) electrons. The Balaban J connectivity index is 2.22. The quantitative estimate of drug-likeness (QED) is 0.863. The van der Waals surface area contributed by atoms with Gasteiger partial charge in [-0.2, -0.15) is 0 Å². The minimum atomic E-state index is 0.348. The molecule has 1 saturated heterocycles. The van der Waals surface area contributed by atoms with E-state index < -0.39 is 0 Å². The molecule has 5 nitrogen and oxygen atoms in total. The molecule has 2 aromatic heterocycles. The molecule has 0 bridgehead atoms. The van der Waals surface area contributed by atoms with E-state index in [0.717, 1.165) is 35.6 Å². The lowest BCUT2D eigenvalue weighted by Crippen LogP contribution is -2.04. The monoisotopic (exact) mass is 282 g/mol. The molecule has 0 amide bonds. The third-order valence-corrected chi connectivity index (χ3v) is 3.42. The standard InChI is InChI=1S/C10H11BrN4O/c11-8-7-9(12)13-2-3-15(7)10(14-8)6-1-4-16-5-6/h2-3,6H,1,4-5H2,(H2,12,13). The number of hydrogen-bond acceptors (Lipinski definition) is 4. The van der Waals surface area contributed by atoms with E-state index in [9.17, 15) is 0 Å². The van der Waals surface area contributed by atoms with Gasteiger partial charge in [0.25, 0.3) is 0 Å². The van der Waals surface area contributed by atoms with Crippen molar-refractivity contribution in [3.63, 3.8) is 0 Å². The van der Waals surface area contributed by atoms with E-state index in [1.165, 1.54) is 0 Å². The summed E-state index contributed by atoms with van der Waals surface area (Å²) in [6, 6.07) is 0. The van der Waals surface area contributed by atoms with Gasteiger partial charge in [0.15, 0.2) is 5.82 Å². The summed E-state index contributed by atoms with van der Waals surface area (Å²) in [5, 5.41) is 0. The van der Waals surface area contributed by atoms with Crippen LogP contribution < -0.4 is 5.73 Å². The predicted octanol–water partition coefficient (Wildman–Crippen LogP) is 1.58. The number of imidazole rings is 1. The molecule has 0 saturated carbocycles. The lowest BCUT2D eigenvalue weighted by atomic mass is 10.1. The summed E-state index contributed by atoms with van der Waals surface area (Å²) in [5.41, 5.74) is 6.67. The maximum Gasteiger partial charge on any atom is 0.150 e. The molecule has 3 heterocycles. The van der Waals surface area contributed by atoms with Gasteiger partial charge in [-0.15, -0.1) is 0 Å². The van der Waals surface area contributed by atoms with Gasteiger partial charge in [-0.05, 0) is 22.4 Å². The Morgan fingerprint density at radius 1 is 1.56 bits per heavy atom. The van der Waals surface area contributed by atoms with E-state index in [4.69, 9.17) is 10.5 Å². The molecule has 3 rings (SSSR count). The molecule has 0 aromatic carbocycles. The molecular weight excluding hydrogens is 272 g/mol. The first kappa shape index (κ1) is 10.0. The van der Waals surface area contributed by atoms with Crippen LogP contribution in [0.15, 0.2) is 17.0 Å². The highest BCUT2D eigenvalue weighted by molar-refractivity contribution is 9.10. The van der Waals surface area contributed by atoms with Crippen LogP contribution in [-0.2, 0) is 4.74 Å². The molecule has 2 aromatic rings. The maximum atomic E-state index is 5.84. The van der Waals surface area contributed by atoms with Gasteiger partial charge in [0, 0.05) is 24.9 Å². The molecule has 6 heteroatoms. The Hall–Kier alpha value is -1.14. The summed E-state index contributed by atoms with van der Waals surface area (Å²) in [6.07, 6.45) is 4.58. The van der Waals surface area contributed by atoms with Crippen molar-refractivity contribution in [3.8, 4) is 0 Å². The predicted molar refractivity (Wildman–Crippen MR) is 63.3 cm³/mol. The van der Waals surface area contributed by atoms with Crippen molar-refractivity contribution in [3.05, 3.63) is 22.8 Å². The van der Waals surface area contributed by atoms with Crippen molar-refractivity contribution in [2.75, 3.05) is 18.9 Å². The molecular formula is C10H11BrN4O. The highest BCUT2D eigenvalue weighted by Gasteiger charge is 2.24. The fraction of sp³-hybridized carbons (Fsp3) is 0.400. The van der Waals surface area contributed by atoms with Crippen LogP contribution in [0, 0.1) is 0 Å². The molecule has 84 valence electrons. The van der Waals surface area contributed by atoms with Crippen molar-refractivity contribution < 1.29 is 4.74 Å². The number of anilines is 1. The minimum Gasteiger partial charge on any atom is -0.382 e. The number of fused-ring (bicyclic) bond motifs is 1. The van der Waals surface area contributed by atoms with Crippen LogP contribution in [-0.4, -0.2) is 27.6 Å². The molecule has 1 unspecified atom stereocenters. The Morgan fingerprint density at radius 3 is 3.19 bits per heavy atom. The fourth-order valence-electron chi connectivity index (χ4n) is 2.07. The number of nitrogens with two attached hydrogens (primary N) is 1. The molecule has 16 heavy (non-hydrogen) atoms. The second-order valence-corrected chi connectivity index (χ2v) is 4.60. The summed E-state index contributed by atoms with van der Waals surface area (Å²) in [7, 11) is 0. The summed E-state index contributed by atoms with van der Waals surface area (Å²) in [4.78, 5) is 8.58. The molecule has 0 spiro atoms. The van der Waals surface area contributed by atoms with Crippen LogP contribution in [0.5, 0.6) is 0 Å². The van der Waals surface area contributed by atoms with Gasteiger partial charge < -0.3 is 10.5 Å². The number of aromatic nitrogens is 3. The largest absolute Gasteiger partial charge is 0.382 e. The number of nitrogen functional groups attached to an aromatic ring is 1. The first-order valence-electron chi connectivity index (χ1n) is 5.13. The van der Waals surface area contributed by atoms with E-state index in [1.807, 2.05) is 10.6 Å². The van der Waals surface area contributed by atoms with E-state index >= 15 is 0 Å². The van der Waals surface area contributed by atoms with Gasteiger partial charge in [-0.1, -0.05) is 0 Å². The van der Waals surface area contributed by atoms with Gasteiger partial charge in [0.1, 0.15) is 15.9 Å². The highest BCUT2D eigenvalue weighted by atomic mass is 79.9. The number of rotatable bonds is 1. The third kappa shape index (κ3) is 1.41. The Labute approximate surface area is 101 Å². The fourth-order valence-corrected chi connectivity index (χ4v) is 2.64. The van der Waals surface area contributed by atoms with Gasteiger partial charge in [0.2, 0.25) is 0 Å². The highest BCUT2D eigenvalue weighted by Crippen LogP contribution is 2.30. The van der Waals surface area contributed by atoms with Crippen LogP contribution >= 0.6 is 15.9 Å². The van der Waals surface area contributed by atoms with Crippen molar-refractivity contribution in [2.24, 2.45) is 0 Å². The molecule has 1 aliphatic rings. The lowest BCUT2D eigenvalue weighted by molar-refractivity contribution is 0.193. The summed E-state index contributed by atoms with van der Waals surface area (Å²) < 4.78 is 8.13. The van der Waals surface area contributed by atoms with E-state index in [1.54, 1.807) is 6.20 Å². The second kappa shape index (κ2) is 3.71. The van der Waals surface area contributed by atoms with Gasteiger partial charge in [-0.3, -0.25) is 4.40 Å². The molecule has 1 aliphatic heterocycles. The lowest BCUT2D eigenvalue weighted by Gasteiger charge is -2.06. The van der Waals surface area contributed by atoms with Crippen molar-refractivity contribution >= 4 is 27.3 Å². The molecule has 2 N–H and O–H groups in total. The van der Waals surface area contributed by atoms with Crippen molar-refractivity contribution in [1.82, 2.24) is 14.4 Å². The zero-order chi connectivity index (χ0) is 11.1. The second-order valence-electron chi connectivity index (χ2n) is 3.85. The number of ether oxygens (including phenoxy) is 1. The Kier molecular flexibility index (Phi) is 2.33. The topological polar surface area (TPSA) is 65.4 Å². The van der Waals surface area contributed by atoms with Crippen LogP contribution in [0.1, 0.15) is 18.2 Å². The van der Waals surface area contributed by atoms with E-state index in [2.05, 4.69) is 25.9 Å². The molecule has 0 aliphatic carbocycles. The maximum absolute atomic E-state index is 5.84. The van der Waals surface area contributed by atoms with Gasteiger partial charge >= 0.3 is 0 Å². The summed E-state index contributed by atoms with van der Waals surface area (Å²) in [5.74, 6) is 1.83. The molecule has 1 fully saturated rings. The summed E-state index contributed by atoms with van der Waals surface area (Å²) in [6.45, 7) is 1.53. The van der Waals surface area contributed by atoms with Crippen LogP contribution in [0.3, 0.4) is 0 Å². The van der Waals surface area contributed by atoms with E-state index in [-0.39, 0.29) is 0 Å². The van der Waals surface area contributed by atoms with Crippen molar-refractivity contribution in [2.45, 2.75) is 12.3 Å². The number of halogens is 1. The zero-order valence-corrected chi connectivity index (χ0v) is 10.1. The summed E-state index contributed by atoms with van der Waals surface area (Å²) >= 11 is 3.42. The molecule has 1 atom stereocenters. The third-order valence-electron chi connectivity index (χ3n) is 2.86. The van der Waals surface area contributed by atoms with Crippen LogP contribution in [0.25, 0.3) is 5.52 Å². The average Bonchev–Trinajstić information content (AvgIpc) is 2.86. The minimum absolute atomic E-state index is 0.348. The Morgan fingerprint density at radius 2 is 2.44 bits per heavy atom. The smallest absolute Gasteiger partial charge is 0.150 e. The van der Waals surface area contributed by atoms with Crippen LogP contribution in [0.2, 0.25) is 0 Å². The normalized spacial score (nSPS) is 20.7. The SMILES string of the molecule is Nc1nccn2c(C3CCOC3)nc(Br)c12. The number of hydrogen-bond donors (Lipinski definition) is 1. The average molecular weight is 283 g/mol. The van der Waals surface area contributed by atoms with Crippen LogP contribution in [0.4, 0.5) is 5.82 Å². The zero-order valence-electron chi connectivity index (χ0n) is 8.56. The number of nitrogens with zero attached hydrogens (tertiary/aromatic N) is 3. The first-order valence-corrected chi connectivity index (χ1v) is 5.92. The van der Waals surface area contributed by atoms with Gasteiger partial charge in [0.05, 0.1) is 6.61 Å². The Bertz CT molecular complexity index is 533.